The molecule has 0 unspecified atom stereocenters. The zero-order valence-electron chi connectivity index (χ0n) is 60.8. The molecule has 0 N–H and O–H groups in total. The quantitative estimate of drug-likeness (QED) is 0.0395. The molecule has 0 fully saturated rings. The van der Waals surface area contributed by atoms with E-state index >= 15 is 0 Å². The van der Waals surface area contributed by atoms with Crippen molar-refractivity contribution in [2.45, 2.75) is 315 Å². The van der Waals surface area contributed by atoms with E-state index in [1.165, 1.54) is 224 Å². The van der Waals surface area contributed by atoms with Crippen molar-refractivity contribution in [3.05, 3.63) is 156 Å². The first kappa shape index (κ1) is 79.6. The van der Waals surface area contributed by atoms with Crippen molar-refractivity contribution in [1.82, 2.24) is 10.2 Å². The van der Waals surface area contributed by atoms with Gasteiger partial charge < -0.3 is 4.42 Å². The first-order chi connectivity index (χ1) is 44.0. The third kappa shape index (κ3) is 22.1. The molecule has 3 heteroatoms. The van der Waals surface area contributed by atoms with Crippen molar-refractivity contribution in [2.24, 2.45) is 0 Å². The summed E-state index contributed by atoms with van der Waals surface area (Å²) in [5, 5.41) is 9.17. The molecule has 0 amide bonds. The highest BCUT2D eigenvalue weighted by atomic mass is 16.4. The third-order valence-electron chi connectivity index (χ3n) is 17.7. The minimum atomic E-state index is 0.0647. The second-order valence-corrected chi connectivity index (χ2v) is 22.9. The van der Waals surface area contributed by atoms with E-state index in [1.54, 1.807) is 22.3 Å². The standard InChI is InChI=1S/C72H90N2O.7C2H6/c1-5-9-13-17-21-29-49-71(50-30-22-18-14-10-6-2)65-35-27-25-33-61(65)63-47-45-59(53-67(63)71)55-37-41-57(42-38-55)69-73-74-70(75-69)58-43-39-56(40-44-58)60-46-48-64-62-34-26-28-36-66(62)72(68(64)54-60,51-31-23-19-15-11-7-3)52-32-24-20-16-12-8-4;7*1-2/h25-28,33-48,53-54H,5-24,29-32,49-52H2,1-4H3;7*1-2H3. The first-order valence-electron chi connectivity index (χ1n) is 37.6. The number of hydrogen-bond donors (Lipinski definition) is 0. The van der Waals surface area contributed by atoms with E-state index in [2.05, 4.69) is 171 Å². The molecule has 1 aromatic heterocycles. The van der Waals surface area contributed by atoms with Crippen LogP contribution in [0, 0.1) is 0 Å². The summed E-state index contributed by atoms with van der Waals surface area (Å²) in [4.78, 5) is 0. The normalized spacial score (nSPS) is 12.0. The van der Waals surface area contributed by atoms with Crippen LogP contribution < -0.4 is 0 Å². The molecule has 2 aliphatic rings. The second kappa shape index (κ2) is 47.4. The van der Waals surface area contributed by atoms with Crippen molar-refractivity contribution in [3.8, 4) is 67.4 Å². The highest BCUT2D eigenvalue weighted by Gasteiger charge is 2.43. The first-order valence-corrected chi connectivity index (χ1v) is 37.6. The highest BCUT2D eigenvalue weighted by Crippen LogP contribution is 2.57. The lowest BCUT2D eigenvalue weighted by Gasteiger charge is -2.33. The Balaban J connectivity index is 0.00000180. The zero-order valence-corrected chi connectivity index (χ0v) is 60.8. The second-order valence-electron chi connectivity index (χ2n) is 22.9. The van der Waals surface area contributed by atoms with Crippen molar-refractivity contribution in [2.75, 3.05) is 0 Å². The smallest absolute Gasteiger partial charge is 0.248 e. The number of nitrogens with zero attached hydrogens (tertiary/aromatic N) is 2. The summed E-state index contributed by atoms with van der Waals surface area (Å²) >= 11 is 0. The SMILES string of the molecule is CC.CC.CC.CC.CC.CC.CC.CCCCCCCCC1(CCCCCCCC)c2ccccc2-c2ccc(-c3ccc(-c4nnc(-c5ccc(-c6ccc7c(c6)C(CCCCCCCC)(CCCCCCCC)c6ccccc6-7)cc5)o4)cc3)cc21. The van der Waals surface area contributed by atoms with Crippen LogP contribution in [0.25, 0.3) is 67.4 Å². The van der Waals surface area contributed by atoms with Crippen LogP contribution in [-0.2, 0) is 10.8 Å². The van der Waals surface area contributed by atoms with Crippen molar-refractivity contribution in [3.63, 3.8) is 0 Å². The van der Waals surface area contributed by atoms with Gasteiger partial charge in [0.25, 0.3) is 0 Å². The minimum Gasteiger partial charge on any atom is -0.416 e. The van der Waals surface area contributed by atoms with E-state index in [0.717, 1.165) is 11.1 Å². The van der Waals surface area contributed by atoms with Crippen molar-refractivity contribution in [1.29, 1.82) is 0 Å². The Bertz CT molecular complexity index is 2620. The monoisotopic (exact) mass is 1210 g/mol. The number of hydrogen-bond acceptors (Lipinski definition) is 3. The Kier molecular flexibility index (Phi) is 42.4. The fourth-order valence-corrected chi connectivity index (χ4v) is 13.5. The summed E-state index contributed by atoms with van der Waals surface area (Å²) in [6, 6.07) is 50.9. The molecule has 6 aromatic carbocycles. The van der Waals surface area contributed by atoms with Gasteiger partial charge in [-0.15, -0.1) is 10.2 Å². The average molecular weight is 1210 g/mol. The summed E-state index contributed by atoms with van der Waals surface area (Å²) < 4.78 is 6.45. The summed E-state index contributed by atoms with van der Waals surface area (Å²) in [7, 11) is 0. The number of fused-ring (bicyclic) bond motifs is 6. The van der Waals surface area contributed by atoms with E-state index in [9.17, 15) is 0 Å². The van der Waals surface area contributed by atoms with Crippen molar-refractivity contribution >= 4 is 0 Å². The van der Waals surface area contributed by atoms with Crippen LogP contribution in [0.5, 0.6) is 0 Å². The Morgan fingerprint density at radius 1 is 0.247 bits per heavy atom. The maximum Gasteiger partial charge on any atom is 0.248 e. The van der Waals surface area contributed by atoms with E-state index in [0.29, 0.717) is 11.8 Å². The van der Waals surface area contributed by atoms with Crippen molar-refractivity contribution < 1.29 is 4.42 Å². The van der Waals surface area contributed by atoms with Gasteiger partial charge in [0.2, 0.25) is 11.8 Å². The van der Waals surface area contributed by atoms with E-state index in [4.69, 9.17) is 4.42 Å². The Morgan fingerprint density at radius 3 is 0.775 bits per heavy atom. The van der Waals surface area contributed by atoms with Gasteiger partial charge in [-0.05, 0) is 129 Å². The Labute approximate surface area is 550 Å². The zero-order chi connectivity index (χ0) is 65.7. The molecule has 0 atom stereocenters. The lowest BCUT2D eigenvalue weighted by molar-refractivity contribution is 0.398. The molecule has 1 heterocycles. The molecule has 0 saturated heterocycles. The van der Waals surface area contributed by atoms with Gasteiger partial charge in [0.15, 0.2) is 0 Å². The molecule has 0 radical (unpaired) electrons. The van der Waals surface area contributed by atoms with Gasteiger partial charge >= 0.3 is 0 Å². The van der Waals surface area contributed by atoms with Gasteiger partial charge in [0, 0.05) is 22.0 Å². The van der Waals surface area contributed by atoms with Crippen LogP contribution in [0.15, 0.2) is 138 Å². The molecular weight excluding hydrogens is 1080 g/mol. The van der Waals surface area contributed by atoms with Crippen LogP contribution in [0.1, 0.15) is 327 Å². The number of benzene rings is 6. The average Bonchev–Trinajstić information content (AvgIpc) is 1.61. The van der Waals surface area contributed by atoms with Gasteiger partial charge in [-0.3, -0.25) is 0 Å². The number of rotatable bonds is 32. The van der Waals surface area contributed by atoms with Crippen LogP contribution in [0.3, 0.4) is 0 Å². The third-order valence-corrected chi connectivity index (χ3v) is 17.7. The Morgan fingerprint density at radius 2 is 0.483 bits per heavy atom. The molecule has 0 aliphatic heterocycles. The summed E-state index contributed by atoms with van der Waals surface area (Å²) in [6.07, 6.45) is 36.8. The van der Waals surface area contributed by atoms with E-state index in [-0.39, 0.29) is 10.8 Å². The van der Waals surface area contributed by atoms with Gasteiger partial charge in [0.1, 0.15) is 0 Å². The maximum absolute atomic E-state index is 6.45. The molecule has 0 spiro atoms. The molecule has 0 saturated carbocycles. The van der Waals surface area contributed by atoms with Crippen LogP contribution >= 0.6 is 0 Å². The molecule has 492 valence electrons. The fraction of sp³-hybridized carbons (Fsp3) is 0.558. The molecule has 0 bridgehead atoms. The van der Waals surface area contributed by atoms with Gasteiger partial charge in [0.05, 0.1) is 0 Å². The topological polar surface area (TPSA) is 38.9 Å². The van der Waals surface area contributed by atoms with E-state index in [1.807, 2.05) is 96.9 Å². The predicted octanol–water partition coefficient (Wildman–Crippen LogP) is 29.5. The molecule has 7 aromatic rings. The van der Waals surface area contributed by atoms with Crippen LogP contribution in [0.2, 0.25) is 0 Å². The number of unbranched alkanes of at least 4 members (excludes halogenated alkanes) is 20. The molecule has 89 heavy (non-hydrogen) atoms. The largest absolute Gasteiger partial charge is 0.416 e. The lowest BCUT2D eigenvalue weighted by atomic mass is 9.70. The molecular formula is C86H132N2O. The van der Waals surface area contributed by atoms with Crippen LogP contribution in [0.4, 0.5) is 0 Å². The predicted molar refractivity (Wildman–Crippen MR) is 400 cm³/mol. The molecule has 2 aliphatic carbocycles. The summed E-state index contributed by atoms with van der Waals surface area (Å²) in [5.41, 5.74) is 19.0. The number of aromatic nitrogens is 2. The highest BCUT2D eigenvalue weighted by molar-refractivity contribution is 5.85. The maximum atomic E-state index is 6.45. The van der Waals surface area contributed by atoms with Gasteiger partial charge in [-0.25, -0.2) is 0 Å². The fourth-order valence-electron chi connectivity index (χ4n) is 13.5. The lowest BCUT2D eigenvalue weighted by Crippen LogP contribution is -2.25. The van der Waals surface area contributed by atoms with E-state index < -0.39 is 0 Å². The molecule has 9 rings (SSSR count). The van der Waals surface area contributed by atoms with Gasteiger partial charge in [-0.1, -0.05) is 376 Å². The van der Waals surface area contributed by atoms with Crippen LogP contribution in [-0.4, -0.2) is 10.2 Å². The molecule has 3 nitrogen and oxygen atoms in total. The summed E-state index contributed by atoms with van der Waals surface area (Å²) in [5.74, 6) is 1.10. The van der Waals surface area contributed by atoms with Gasteiger partial charge in [-0.2, -0.15) is 0 Å². The Hall–Kier alpha value is -5.54. The summed E-state index contributed by atoms with van der Waals surface area (Å²) in [6.45, 7) is 37.3. The minimum absolute atomic E-state index is 0.0647.